The Hall–Kier alpha value is -1.10. The summed E-state index contributed by atoms with van der Waals surface area (Å²) in [5.74, 6) is -2.69. The number of ether oxygens (including phenoxy) is 1. The Morgan fingerprint density at radius 2 is 1.92 bits per heavy atom. The van der Waals surface area contributed by atoms with E-state index in [0.29, 0.717) is 0 Å². The Morgan fingerprint density at radius 1 is 1.42 bits per heavy atom. The number of carboxylic acids is 1. The van der Waals surface area contributed by atoms with E-state index in [9.17, 15) is 14.7 Å². The predicted octanol–water partition coefficient (Wildman–Crippen LogP) is -0.225. The Labute approximate surface area is 70.0 Å². The molecule has 5 nitrogen and oxygen atoms in total. The monoisotopic (exact) mass is 176 g/mol. The highest BCUT2D eigenvalue weighted by Gasteiger charge is 2.44. The van der Waals surface area contributed by atoms with Crippen molar-refractivity contribution in [1.82, 2.24) is 0 Å². The van der Waals surface area contributed by atoms with Crippen molar-refractivity contribution in [3.8, 4) is 0 Å². The number of hydrogen-bond acceptors (Lipinski definition) is 4. The second kappa shape index (κ2) is 4.06. The SMILES string of the molecule is CCOC(=O)C(O)(CC)C(=O)O. The Balaban J connectivity index is 4.52. The molecule has 0 aromatic rings. The number of carbonyl (C=O) groups is 2. The Morgan fingerprint density at radius 3 is 2.17 bits per heavy atom. The predicted molar refractivity (Wildman–Crippen MR) is 39.5 cm³/mol. The molecule has 0 radical (unpaired) electrons. The van der Waals surface area contributed by atoms with Crippen LogP contribution in [0.1, 0.15) is 20.3 Å². The molecule has 0 aromatic heterocycles. The number of carbonyl (C=O) groups excluding carboxylic acids is 1. The van der Waals surface area contributed by atoms with E-state index in [1.165, 1.54) is 13.8 Å². The summed E-state index contributed by atoms with van der Waals surface area (Å²) < 4.78 is 4.39. The highest BCUT2D eigenvalue weighted by Crippen LogP contribution is 2.12. The summed E-state index contributed by atoms with van der Waals surface area (Å²) in [6.07, 6.45) is -0.207. The zero-order chi connectivity index (χ0) is 9.78. The molecule has 0 amide bonds. The van der Waals surface area contributed by atoms with E-state index in [1.54, 1.807) is 0 Å². The minimum atomic E-state index is -2.39. The van der Waals surface area contributed by atoms with E-state index in [4.69, 9.17) is 5.11 Å². The lowest BCUT2D eigenvalue weighted by Crippen LogP contribution is -2.47. The fourth-order valence-electron chi connectivity index (χ4n) is 0.633. The molecule has 0 rings (SSSR count). The first kappa shape index (κ1) is 10.9. The summed E-state index contributed by atoms with van der Waals surface area (Å²) in [6.45, 7) is 2.98. The van der Waals surface area contributed by atoms with Crippen molar-refractivity contribution >= 4 is 11.9 Å². The van der Waals surface area contributed by atoms with Crippen LogP contribution in [0.4, 0.5) is 0 Å². The van der Waals surface area contributed by atoms with Crippen molar-refractivity contribution in [3.05, 3.63) is 0 Å². The van der Waals surface area contributed by atoms with Gasteiger partial charge >= 0.3 is 11.9 Å². The normalized spacial score (nSPS) is 14.9. The topological polar surface area (TPSA) is 83.8 Å². The molecule has 12 heavy (non-hydrogen) atoms. The molecule has 0 heterocycles. The lowest BCUT2D eigenvalue weighted by molar-refractivity contribution is -0.180. The molecule has 0 fully saturated rings. The average molecular weight is 176 g/mol. The smallest absolute Gasteiger partial charge is 0.350 e. The van der Waals surface area contributed by atoms with E-state index in [1.807, 2.05) is 0 Å². The number of hydrogen-bond donors (Lipinski definition) is 2. The molecule has 0 aliphatic carbocycles. The zero-order valence-corrected chi connectivity index (χ0v) is 7.03. The van der Waals surface area contributed by atoms with Gasteiger partial charge in [0.1, 0.15) is 0 Å². The summed E-state index contributed by atoms with van der Waals surface area (Å²) in [5.41, 5.74) is -2.39. The van der Waals surface area contributed by atoms with Crippen molar-refractivity contribution in [3.63, 3.8) is 0 Å². The molecular weight excluding hydrogens is 164 g/mol. The van der Waals surface area contributed by atoms with Crippen LogP contribution < -0.4 is 0 Å². The quantitative estimate of drug-likeness (QED) is 0.456. The van der Waals surface area contributed by atoms with Crippen LogP contribution in [0.2, 0.25) is 0 Å². The standard InChI is InChI=1S/C7H12O5/c1-3-7(11,5(8)9)6(10)12-4-2/h11H,3-4H2,1-2H3,(H,8,9). The summed E-state index contributed by atoms with van der Waals surface area (Å²) in [4.78, 5) is 21.3. The van der Waals surface area contributed by atoms with E-state index in [2.05, 4.69) is 4.74 Å². The second-order valence-electron chi connectivity index (χ2n) is 2.24. The molecule has 1 unspecified atom stereocenters. The van der Waals surface area contributed by atoms with Gasteiger partial charge in [-0.2, -0.15) is 0 Å². The van der Waals surface area contributed by atoms with Crippen LogP contribution in [-0.2, 0) is 14.3 Å². The molecule has 70 valence electrons. The fourth-order valence-corrected chi connectivity index (χ4v) is 0.633. The molecule has 0 saturated carbocycles. The van der Waals surface area contributed by atoms with Crippen molar-refractivity contribution in [2.24, 2.45) is 0 Å². The summed E-state index contributed by atoms with van der Waals surface area (Å²) in [7, 11) is 0. The van der Waals surface area contributed by atoms with Crippen LogP contribution in [-0.4, -0.2) is 34.4 Å². The maximum absolute atomic E-state index is 10.9. The van der Waals surface area contributed by atoms with Crippen LogP contribution in [0.25, 0.3) is 0 Å². The van der Waals surface area contributed by atoms with Gasteiger partial charge in [0, 0.05) is 0 Å². The van der Waals surface area contributed by atoms with E-state index in [-0.39, 0.29) is 13.0 Å². The number of aliphatic carboxylic acids is 1. The van der Waals surface area contributed by atoms with Gasteiger partial charge < -0.3 is 14.9 Å². The average Bonchev–Trinajstić information content (AvgIpc) is 2.03. The van der Waals surface area contributed by atoms with Gasteiger partial charge in [0.05, 0.1) is 6.61 Å². The first-order valence-electron chi connectivity index (χ1n) is 3.62. The van der Waals surface area contributed by atoms with Gasteiger partial charge in [-0.05, 0) is 13.3 Å². The molecule has 0 aromatic carbocycles. The second-order valence-corrected chi connectivity index (χ2v) is 2.24. The van der Waals surface area contributed by atoms with Gasteiger partial charge in [-0.3, -0.25) is 0 Å². The third-order valence-electron chi connectivity index (χ3n) is 1.48. The fraction of sp³-hybridized carbons (Fsp3) is 0.714. The van der Waals surface area contributed by atoms with Gasteiger partial charge in [-0.15, -0.1) is 0 Å². The van der Waals surface area contributed by atoms with Crippen LogP contribution in [0.5, 0.6) is 0 Å². The van der Waals surface area contributed by atoms with Crippen molar-refractivity contribution in [2.75, 3.05) is 6.61 Å². The first-order valence-corrected chi connectivity index (χ1v) is 3.62. The number of esters is 1. The van der Waals surface area contributed by atoms with E-state index < -0.39 is 17.5 Å². The minimum Gasteiger partial charge on any atom is -0.479 e. The third-order valence-corrected chi connectivity index (χ3v) is 1.48. The molecule has 0 spiro atoms. The van der Waals surface area contributed by atoms with Gasteiger partial charge in [0.2, 0.25) is 0 Å². The van der Waals surface area contributed by atoms with Crippen molar-refractivity contribution in [2.45, 2.75) is 25.9 Å². The van der Waals surface area contributed by atoms with E-state index >= 15 is 0 Å². The molecule has 0 saturated heterocycles. The summed E-state index contributed by atoms with van der Waals surface area (Å²) >= 11 is 0. The summed E-state index contributed by atoms with van der Waals surface area (Å²) in [6, 6.07) is 0. The minimum absolute atomic E-state index is 0.0500. The van der Waals surface area contributed by atoms with Crippen molar-refractivity contribution < 1.29 is 24.5 Å². The van der Waals surface area contributed by atoms with Crippen LogP contribution in [0.15, 0.2) is 0 Å². The van der Waals surface area contributed by atoms with Crippen LogP contribution in [0, 0.1) is 0 Å². The summed E-state index contributed by atoms with van der Waals surface area (Å²) in [5, 5.41) is 17.7. The lowest BCUT2D eigenvalue weighted by Gasteiger charge is -2.18. The van der Waals surface area contributed by atoms with Gasteiger partial charge in [-0.1, -0.05) is 6.92 Å². The molecular formula is C7H12O5. The van der Waals surface area contributed by atoms with Gasteiger partial charge in [0.15, 0.2) is 0 Å². The number of carboxylic acid groups (broad SMARTS) is 1. The van der Waals surface area contributed by atoms with Gasteiger partial charge in [0.25, 0.3) is 5.60 Å². The maximum Gasteiger partial charge on any atom is 0.350 e. The lowest BCUT2D eigenvalue weighted by atomic mass is 10.0. The van der Waals surface area contributed by atoms with Crippen LogP contribution in [0.3, 0.4) is 0 Å². The van der Waals surface area contributed by atoms with Gasteiger partial charge in [-0.25, -0.2) is 9.59 Å². The van der Waals surface area contributed by atoms with Crippen molar-refractivity contribution in [1.29, 1.82) is 0 Å². The van der Waals surface area contributed by atoms with E-state index in [0.717, 1.165) is 0 Å². The highest BCUT2D eigenvalue weighted by molar-refractivity contribution is 6.02. The Kier molecular flexibility index (Phi) is 3.69. The first-order chi connectivity index (χ1) is 5.49. The highest BCUT2D eigenvalue weighted by atomic mass is 16.6. The number of rotatable bonds is 4. The Bertz CT molecular complexity index is 188. The molecule has 1 atom stereocenters. The molecule has 0 bridgehead atoms. The maximum atomic E-state index is 10.9. The molecule has 5 heteroatoms. The number of aliphatic hydroxyl groups is 1. The van der Waals surface area contributed by atoms with Crippen LogP contribution >= 0.6 is 0 Å². The molecule has 0 aliphatic heterocycles. The molecule has 0 aliphatic rings. The largest absolute Gasteiger partial charge is 0.479 e. The third kappa shape index (κ3) is 1.94. The molecule has 2 N–H and O–H groups in total. The zero-order valence-electron chi connectivity index (χ0n) is 7.03.